The quantitative estimate of drug-likeness (QED) is 0.809. The second-order valence-corrected chi connectivity index (χ2v) is 4.62. The van der Waals surface area contributed by atoms with Crippen molar-refractivity contribution in [3.8, 4) is 0 Å². The van der Waals surface area contributed by atoms with E-state index in [-0.39, 0.29) is 11.9 Å². The van der Waals surface area contributed by atoms with E-state index in [4.69, 9.17) is 4.74 Å². The van der Waals surface area contributed by atoms with E-state index in [2.05, 4.69) is 5.32 Å². The first kappa shape index (κ1) is 13.3. The molecule has 1 aliphatic rings. The number of esters is 1. The largest absolute Gasteiger partial charge is 0.455 e. The molecule has 1 aromatic heterocycles. The maximum Gasteiger partial charge on any atom is 0.309 e. The van der Waals surface area contributed by atoms with Crippen molar-refractivity contribution < 1.29 is 19.1 Å². The van der Waals surface area contributed by atoms with Gasteiger partial charge in [-0.05, 0) is 25.0 Å². The lowest BCUT2D eigenvalue weighted by atomic mass is 9.86. The monoisotopic (exact) mass is 264 g/mol. The second-order valence-electron chi connectivity index (χ2n) is 4.62. The first-order chi connectivity index (χ1) is 9.08. The summed E-state index contributed by atoms with van der Waals surface area (Å²) in [5.74, 6) is -1.54. The predicted octanol–water partition coefficient (Wildman–Crippen LogP) is 0.625. The van der Waals surface area contributed by atoms with Crippen LogP contribution in [0, 0.1) is 5.92 Å². The molecule has 0 aliphatic heterocycles. The van der Waals surface area contributed by atoms with Gasteiger partial charge in [-0.2, -0.15) is 0 Å². The lowest BCUT2D eigenvalue weighted by Crippen LogP contribution is -2.36. The lowest BCUT2D eigenvalue weighted by Gasteiger charge is -2.22. The Bertz CT molecular complexity index is 502. The van der Waals surface area contributed by atoms with Crippen LogP contribution in [-0.4, -0.2) is 29.0 Å². The van der Waals surface area contributed by atoms with Gasteiger partial charge in [-0.15, -0.1) is 0 Å². The van der Waals surface area contributed by atoms with E-state index in [0.717, 1.165) is 19.3 Å². The Morgan fingerprint density at radius 1 is 1.42 bits per heavy atom. The molecular weight excluding hydrogens is 248 g/mol. The number of aromatic nitrogens is 1. The number of amides is 2. The summed E-state index contributed by atoms with van der Waals surface area (Å²) in [4.78, 5) is 34.6. The highest BCUT2D eigenvalue weighted by molar-refractivity contribution is 6.04. The molecule has 1 fully saturated rings. The molecule has 0 unspecified atom stereocenters. The molecule has 6 nitrogen and oxygen atoms in total. The molecule has 19 heavy (non-hydrogen) atoms. The molecule has 1 heterocycles. The summed E-state index contributed by atoms with van der Waals surface area (Å²) >= 11 is 0. The molecule has 1 aliphatic carbocycles. The lowest BCUT2D eigenvalue weighted by molar-refractivity contribution is -0.154. The first-order valence-corrected chi connectivity index (χ1v) is 6.20. The molecule has 2 amide bonds. The standard InChI is InChI=1S/C13H16N2O4/c1-15-7-3-6-10(15)12(17)14-11(16)8-19-13(18)9-4-2-5-9/h3,6-7,9H,2,4-5,8H2,1H3,(H,14,16,17). The van der Waals surface area contributed by atoms with Gasteiger partial charge < -0.3 is 9.30 Å². The van der Waals surface area contributed by atoms with E-state index < -0.39 is 18.4 Å². The van der Waals surface area contributed by atoms with Crippen LogP contribution in [0.15, 0.2) is 18.3 Å². The zero-order valence-corrected chi connectivity index (χ0v) is 10.7. The average Bonchev–Trinajstić information content (AvgIpc) is 2.70. The number of carbonyl (C=O) groups excluding carboxylic acids is 3. The molecule has 1 N–H and O–H groups in total. The number of hydrogen-bond donors (Lipinski definition) is 1. The van der Waals surface area contributed by atoms with E-state index in [0.29, 0.717) is 5.69 Å². The van der Waals surface area contributed by atoms with Gasteiger partial charge in [0.05, 0.1) is 5.92 Å². The van der Waals surface area contributed by atoms with E-state index in [9.17, 15) is 14.4 Å². The number of aryl methyl sites for hydroxylation is 1. The van der Waals surface area contributed by atoms with Crippen LogP contribution in [0.3, 0.4) is 0 Å². The summed E-state index contributed by atoms with van der Waals surface area (Å²) in [7, 11) is 1.70. The van der Waals surface area contributed by atoms with Crippen molar-refractivity contribution in [2.45, 2.75) is 19.3 Å². The van der Waals surface area contributed by atoms with E-state index >= 15 is 0 Å². The summed E-state index contributed by atoms with van der Waals surface area (Å²) in [6.45, 7) is -0.411. The zero-order valence-electron chi connectivity index (χ0n) is 10.7. The Morgan fingerprint density at radius 2 is 2.16 bits per heavy atom. The molecule has 6 heteroatoms. The molecule has 0 bridgehead atoms. The van der Waals surface area contributed by atoms with Gasteiger partial charge in [0.2, 0.25) is 0 Å². The Labute approximate surface area is 110 Å². The fraction of sp³-hybridized carbons (Fsp3) is 0.462. The first-order valence-electron chi connectivity index (χ1n) is 6.20. The van der Waals surface area contributed by atoms with Crippen LogP contribution in [0.2, 0.25) is 0 Å². The number of carbonyl (C=O) groups is 3. The van der Waals surface area contributed by atoms with Crippen LogP contribution in [0.25, 0.3) is 0 Å². The SMILES string of the molecule is Cn1cccc1C(=O)NC(=O)COC(=O)C1CCC1. The fourth-order valence-corrected chi connectivity index (χ4v) is 1.82. The smallest absolute Gasteiger partial charge is 0.309 e. The molecule has 1 aromatic rings. The summed E-state index contributed by atoms with van der Waals surface area (Å²) in [6, 6.07) is 3.30. The minimum atomic E-state index is -0.612. The Hall–Kier alpha value is -2.11. The van der Waals surface area contributed by atoms with Crippen molar-refractivity contribution >= 4 is 17.8 Å². The third kappa shape index (κ3) is 3.21. The van der Waals surface area contributed by atoms with Gasteiger partial charge >= 0.3 is 5.97 Å². The van der Waals surface area contributed by atoms with Gasteiger partial charge in [0.15, 0.2) is 6.61 Å². The number of ether oxygens (including phenoxy) is 1. The van der Waals surface area contributed by atoms with Gasteiger partial charge in [-0.3, -0.25) is 19.7 Å². The average molecular weight is 264 g/mol. The minimum absolute atomic E-state index is 0.0728. The summed E-state index contributed by atoms with van der Waals surface area (Å²) < 4.78 is 6.45. The maximum absolute atomic E-state index is 11.7. The molecule has 0 saturated heterocycles. The zero-order chi connectivity index (χ0) is 13.8. The van der Waals surface area contributed by atoms with Crippen molar-refractivity contribution in [1.82, 2.24) is 9.88 Å². The summed E-state index contributed by atoms with van der Waals surface area (Å²) in [5, 5.41) is 2.18. The van der Waals surface area contributed by atoms with Crippen molar-refractivity contribution in [1.29, 1.82) is 0 Å². The van der Waals surface area contributed by atoms with Crippen molar-refractivity contribution in [3.63, 3.8) is 0 Å². The van der Waals surface area contributed by atoms with Crippen LogP contribution >= 0.6 is 0 Å². The van der Waals surface area contributed by atoms with Crippen LogP contribution in [-0.2, 0) is 21.4 Å². The number of imide groups is 1. The summed E-state index contributed by atoms with van der Waals surface area (Å²) in [5.41, 5.74) is 0.374. The highest BCUT2D eigenvalue weighted by Gasteiger charge is 2.27. The fourth-order valence-electron chi connectivity index (χ4n) is 1.82. The van der Waals surface area contributed by atoms with Gasteiger partial charge in [-0.25, -0.2) is 0 Å². The highest BCUT2D eigenvalue weighted by atomic mass is 16.5. The third-order valence-corrected chi connectivity index (χ3v) is 3.21. The van der Waals surface area contributed by atoms with E-state index in [1.165, 1.54) is 0 Å². The highest BCUT2D eigenvalue weighted by Crippen LogP contribution is 2.27. The van der Waals surface area contributed by atoms with Crippen molar-refractivity contribution in [2.24, 2.45) is 13.0 Å². The topological polar surface area (TPSA) is 77.4 Å². The number of nitrogens with zero attached hydrogens (tertiary/aromatic N) is 1. The van der Waals surface area contributed by atoms with E-state index in [1.807, 2.05) is 0 Å². The van der Waals surface area contributed by atoms with Gasteiger partial charge in [0.25, 0.3) is 11.8 Å². The molecule has 0 atom stereocenters. The van der Waals surface area contributed by atoms with Gasteiger partial charge in [-0.1, -0.05) is 6.42 Å². The van der Waals surface area contributed by atoms with Crippen LogP contribution < -0.4 is 5.32 Å². The second kappa shape index (κ2) is 5.69. The molecule has 102 valence electrons. The van der Waals surface area contributed by atoms with E-state index in [1.54, 1.807) is 29.9 Å². The number of rotatable bonds is 4. The predicted molar refractivity (Wildman–Crippen MR) is 66.2 cm³/mol. The molecule has 0 spiro atoms. The minimum Gasteiger partial charge on any atom is -0.455 e. The molecular formula is C13H16N2O4. The van der Waals surface area contributed by atoms with Crippen LogP contribution in [0.5, 0.6) is 0 Å². The number of hydrogen-bond acceptors (Lipinski definition) is 4. The Morgan fingerprint density at radius 3 is 2.68 bits per heavy atom. The van der Waals surface area contributed by atoms with Crippen LogP contribution in [0.4, 0.5) is 0 Å². The van der Waals surface area contributed by atoms with Crippen molar-refractivity contribution in [3.05, 3.63) is 24.0 Å². The molecule has 0 aromatic carbocycles. The Kier molecular flexibility index (Phi) is 3.99. The Balaban J connectivity index is 1.76. The number of nitrogens with one attached hydrogen (secondary N) is 1. The van der Waals surface area contributed by atoms with Gasteiger partial charge in [0.1, 0.15) is 5.69 Å². The normalized spacial score (nSPS) is 14.6. The summed E-state index contributed by atoms with van der Waals surface area (Å²) in [6.07, 6.45) is 4.37. The van der Waals surface area contributed by atoms with Crippen LogP contribution in [0.1, 0.15) is 29.8 Å². The molecule has 2 rings (SSSR count). The maximum atomic E-state index is 11.7. The third-order valence-electron chi connectivity index (χ3n) is 3.21. The van der Waals surface area contributed by atoms with Gasteiger partial charge in [0, 0.05) is 13.2 Å². The van der Waals surface area contributed by atoms with Crippen molar-refractivity contribution in [2.75, 3.05) is 6.61 Å². The molecule has 0 radical (unpaired) electrons. The molecule has 1 saturated carbocycles.